The molecule has 2 aliphatic rings. The van der Waals surface area contributed by atoms with Crippen LogP contribution in [0.4, 0.5) is 0 Å². The fourth-order valence-corrected chi connectivity index (χ4v) is 6.55. The summed E-state index contributed by atoms with van der Waals surface area (Å²) in [5, 5.41) is 42.7. The number of nitrogens with zero attached hydrogens (tertiary/aromatic N) is 1. The molecule has 210 valence electrons. The number of unbranched alkanes of at least 4 members (excludes halogenated alkanes) is 2. The van der Waals surface area contributed by atoms with E-state index in [1.54, 1.807) is 18.5 Å². The Hall–Kier alpha value is -3.16. The summed E-state index contributed by atoms with van der Waals surface area (Å²) in [5.41, 5.74) is 4.61. The normalized spacial score (nSPS) is 24.8. The van der Waals surface area contributed by atoms with Crippen LogP contribution in [-0.2, 0) is 17.6 Å². The largest absolute Gasteiger partial charge is 0.670 e. The van der Waals surface area contributed by atoms with Gasteiger partial charge < -0.3 is 34.9 Å². The van der Waals surface area contributed by atoms with Crippen molar-refractivity contribution in [3.05, 3.63) is 70.5 Å². The van der Waals surface area contributed by atoms with Gasteiger partial charge in [-0.25, -0.2) is 0 Å². The van der Waals surface area contributed by atoms with Crippen LogP contribution >= 0.6 is 0 Å². The van der Waals surface area contributed by atoms with Gasteiger partial charge in [0.15, 0.2) is 11.5 Å². The van der Waals surface area contributed by atoms with E-state index in [4.69, 9.17) is 9.47 Å². The number of aliphatic hydroxyl groups is 1. The Morgan fingerprint density at radius 3 is 2.62 bits per heavy atom. The van der Waals surface area contributed by atoms with Gasteiger partial charge >= 0.3 is 0 Å². The molecule has 5 rings (SSSR count). The molecular formula is C32H40NO6-. The van der Waals surface area contributed by atoms with Gasteiger partial charge in [0.25, 0.3) is 0 Å². The van der Waals surface area contributed by atoms with Crippen molar-refractivity contribution in [3.63, 3.8) is 0 Å². The zero-order valence-electron chi connectivity index (χ0n) is 22.8. The molecular weight excluding hydrogens is 494 g/mol. The number of aryl methyl sites for hydroxylation is 1. The molecule has 2 aromatic carbocycles. The summed E-state index contributed by atoms with van der Waals surface area (Å²) in [5.74, 6) is 0.334. The summed E-state index contributed by atoms with van der Waals surface area (Å²) in [7, 11) is 1.47. The Balaban J connectivity index is 1.40. The molecule has 1 aliphatic carbocycles. The molecule has 0 radical (unpaired) electrons. The van der Waals surface area contributed by atoms with Crippen molar-refractivity contribution in [2.45, 2.75) is 88.9 Å². The molecule has 2 fully saturated rings. The Morgan fingerprint density at radius 1 is 1.03 bits per heavy atom. The summed E-state index contributed by atoms with van der Waals surface area (Å²) in [6, 6.07) is 9.44. The topological polar surface area (TPSA) is 113 Å². The van der Waals surface area contributed by atoms with Crippen molar-refractivity contribution in [2.24, 2.45) is 5.92 Å². The van der Waals surface area contributed by atoms with Crippen LogP contribution < -0.4 is 9.72 Å². The molecule has 0 amide bonds. The van der Waals surface area contributed by atoms with Gasteiger partial charge in [-0.05, 0) is 73.3 Å². The highest BCUT2D eigenvalue weighted by atomic mass is 16.5. The first-order chi connectivity index (χ1) is 18.9. The van der Waals surface area contributed by atoms with E-state index in [9.17, 15) is 20.4 Å². The van der Waals surface area contributed by atoms with Crippen LogP contribution in [0.15, 0.2) is 42.7 Å². The van der Waals surface area contributed by atoms with E-state index in [-0.39, 0.29) is 35.2 Å². The smallest absolute Gasteiger partial charge is 0.200 e. The van der Waals surface area contributed by atoms with Crippen LogP contribution in [0.1, 0.15) is 91.7 Å². The summed E-state index contributed by atoms with van der Waals surface area (Å²) in [4.78, 5) is 4.15. The second kappa shape index (κ2) is 11.9. The van der Waals surface area contributed by atoms with Gasteiger partial charge in [0.1, 0.15) is 5.75 Å². The Kier molecular flexibility index (Phi) is 8.38. The number of hydrogen-bond acceptors (Lipinski definition) is 6. The quantitative estimate of drug-likeness (QED) is 0.201. The number of rotatable bonds is 9. The van der Waals surface area contributed by atoms with Gasteiger partial charge in [0, 0.05) is 17.9 Å². The molecule has 4 N–H and O–H groups in total. The lowest BCUT2D eigenvalue weighted by Gasteiger charge is -2.45. The standard InChI is InChI=1S/C32H40NO6/c1-3-4-5-6-22-14-20(8-10-26(22)34)21-7-9-23-27(35)17-30(39-29(23)15-21)24-16-28(36)31(37)32(38-2)25(24)13-19-11-12-33-18-19/h8,10-12,14,16,18,21,23,27,29-30,34-37H,3-7,9,13,15,17H2,1-2H3/q-1. The van der Waals surface area contributed by atoms with Crippen LogP contribution in [0.5, 0.6) is 23.0 Å². The highest BCUT2D eigenvalue weighted by Gasteiger charge is 2.43. The SMILES string of the molecule is CCCCCc1cc(C2CCC3C(O)CC(c4cc(O)c(O)c(OC)c4Cc4cc[n-]c4)OC3C2)ccc1O. The third-order valence-electron chi connectivity index (χ3n) is 8.68. The molecule has 0 bridgehead atoms. The van der Waals surface area contributed by atoms with Crippen LogP contribution in [0.2, 0.25) is 0 Å². The first-order valence-electron chi connectivity index (χ1n) is 14.2. The van der Waals surface area contributed by atoms with Gasteiger partial charge in [-0.15, -0.1) is 0 Å². The highest BCUT2D eigenvalue weighted by Crippen LogP contribution is 2.50. The van der Waals surface area contributed by atoms with E-state index in [1.165, 1.54) is 12.7 Å². The number of fused-ring (bicyclic) bond motifs is 1. The second-order valence-electron chi connectivity index (χ2n) is 11.2. The average Bonchev–Trinajstić information content (AvgIpc) is 3.45. The Bertz CT molecular complexity index is 1260. The maximum Gasteiger partial charge on any atom is 0.200 e. The molecule has 1 saturated carbocycles. The number of methoxy groups -OCH3 is 1. The maximum absolute atomic E-state index is 11.2. The van der Waals surface area contributed by atoms with Gasteiger partial charge in [-0.1, -0.05) is 43.5 Å². The Morgan fingerprint density at radius 2 is 1.87 bits per heavy atom. The van der Waals surface area contributed by atoms with Gasteiger partial charge in [-0.2, -0.15) is 12.4 Å². The summed E-state index contributed by atoms with van der Waals surface area (Å²) in [6.07, 6.45) is 10.0. The predicted molar refractivity (Wildman–Crippen MR) is 149 cm³/mol. The number of phenolic OH excluding ortho intramolecular Hbond substituents is 3. The summed E-state index contributed by atoms with van der Waals surface area (Å²) >= 11 is 0. The minimum atomic E-state index is -0.533. The highest BCUT2D eigenvalue weighted by molar-refractivity contribution is 5.59. The molecule has 5 unspecified atom stereocenters. The van der Waals surface area contributed by atoms with Crippen LogP contribution in [0.3, 0.4) is 0 Å². The minimum absolute atomic E-state index is 0.0500. The number of aromatic nitrogens is 1. The number of phenols is 3. The number of aliphatic hydroxyl groups excluding tert-OH is 1. The monoisotopic (exact) mass is 534 g/mol. The molecule has 5 atom stereocenters. The maximum atomic E-state index is 11.2. The molecule has 7 nitrogen and oxygen atoms in total. The lowest BCUT2D eigenvalue weighted by Crippen LogP contribution is -2.44. The van der Waals surface area contributed by atoms with E-state index < -0.39 is 12.2 Å². The van der Waals surface area contributed by atoms with Gasteiger partial charge in [0.2, 0.25) is 5.75 Å². The molecule has 1 aromatic heterocycles. The minimum Gasteiger partial charge on any atom is -0.670 e. The van der Waals surface area contributed by atoms with Gasteiger partial charge in [0.05, 0.1) is 25.4 Å². The van der Waals surface area contributed by atoms with Crippen molar-refractivity contribution < 1.29 is 29.9 Å². The second-order valence-corrected chi connectivity index (χ2v) is 11.2. The van der Waals surface area contributed by atoms with E-state index in [0.717, 1.165) is 61.6 Å². The average molecular weight is 535 g/mol. The van der Waals surface area contributed by atoms with Crippen LogP contribution in [0.25, 0.3) is 0 Å². The zero-order chi connectivity index (χ0) is 27.5. The van der Waals surface area contributed by atoms with Crippen molar-refractivity contribution >= 4 is 0 Å². The fourth-order valence-electron chi connectivity index (χ4n) is 6.55. The molecule has 7 heteroatoms. The van der Waals surface area contributed by atoms with E-state index in [1.807, 2.05) is 18.2 Å². The lowest BCUT2D eigenvalue weighted by atomic mass is 9.71. The molecule has 0 spiro atoms. The van der Waals surface area contributed by atoms with Crippen molar-refractivity contribution in [3.8, 4) is 23.0 Å². The lowest BCUT2D eigenvalue weighted by molar-refractivity contribution is -0.154. The van der Waals surface area contributed by atoms with Crippen molar-refractivity contribution in [1.82, 2.24) is 4.98 Å². The first-order valence-corrected chi connectivity index (χ1v) is 14.2. The van der Waals surface area contributed by atoms with E-state index >= 15 is 0 Å². The third-order valence-corrected chi connectivity index (χ3v) is 8.68. The van der Waals surface area contributed by atoms with E-state index in [0.29, 0.717) is 24.2 Å². The predicted octanol–water partition coefficient (Wildman–Crippen LogP) is 5.87. The molecule has 2 heterocycles. The van der Waals surface area contributed by atoms with Crippen LogP contribution in [-0.4, -0.2) is 39.7 Å². The van der Waals surface area contributed by atoms with E-state index in [2.05, 4.69) is 18.0 Å². The molecule has 1 saturated heterocycles. The number of benzene rings is 2. The fraction of sp³-hybridized carbons (Fsp3) is 0.500. The van der Waals surface area contributed by atoms with Crippen molar-refractivity contribution in [2.75, 3.05) is 7.11 Å². The molecule has 39 heavy (non-hydrogen) atoms. The number of aromatic hydroxyl groups is 3. The van der Waals surface area contributed by atoms with Crippen LogP contribution in [0, 0.1) is 5.92 Å². The van der Waals surface area contributed by atoms with Crippen molar-refractivity contribution in [1.29, 1.82) is 0 Å². The summed E-state index contributed by atoms with van der Waals surface area (Å²) < 4.78 is 12.2. The first kappa shape index (κ1) is 27.4. The summed E-state index contributed by atoms with van der Waals surface area (Å²) in [6.45, 7) is 2.18. The Labute approximate surface area is 230 Å². The number of ether oxygens (including phenoxy) is 2. The zero-order valence-corrected chi connectivity index (χ0v) is 22.8. The van der Waals surface area contributed by atoms with Gasteiger partial charge in [-0.3, -0.25) is 0 Å². The molecule has 1 aliphatic heterocycles. The third kappa shape index (κ3) is 5.75. The number of hydrogen-bond donors (Lipinski definition) is 4. The molecule has 3 aromatic rings.